The molecule has 0 atom stereocenters. The van der Waals surface area contributed by atoms with Crippen LogP contribution in [0.25, 0.3) is 0 Å². The van der Waals surface area contributed by atoms with Crippen LogP contribution in [0.2, 0.25) is 0 Å². The molecule has 0 fully saturated rings. The first-order valence-electron chi connectivity index (χ1n) is 17.9. The number of hydrogen-bond acceptors (Lipinski definition) is 6. The molecule has 0 aromatic heterocycles. The zero-order valence-electron chi connectivity index (χ0n) is 35.2. The molecule has 11 heteroatoms. The molecule has 53 heavy (non-hydrogen) atoms. The van der Waals surface area contributed by atoms with Gasteiger partial charge in [0.15, 0.2) is 0 Å². The van der Waals surface area contributed by atoms with E-state index in [4.69, 9.17) is 13.6 Å². The molecule has 3 aromatic rings. The van der Waals surface area contributed by atoms with Crippen LogP contribution in [0.3, 0.4) is 0 Å². The highest BCUT2D eigenvalue weighted by molar-refractivity contribution is 7.42. The standard InChI is InChI=1S/C28H42FO3P.C14H21F2O3P/c1-25(2,3)19-13-15-23(21(17-19)27(7,8)9)30-33(32-29)31-24-16-14-20(26(4,5)6)18-22(24)28(10,11)12;1-13(2,3)10-8-7-9-11(14(4,5)6)12(10)17-20(18-15)19-16/h13-18H,1-12H3;7-9H,1-6H3. The Kier molecular flexibility index (Phi) is 15.5. The number of rotatable bonds is 9. The Morgan fingerprint density at radius 2 is 0.698 bits per heavy atom. The van der Waals surface area contributed by atoms with Gasteiger partial charge in [-0.15, -0.1) is 0 Å². The predicted molar refractivity (Wildman–Crippen MR) is 214 cm³/mol. The lowest BCUT2D eigenvalue weighted by atomic mass is 9.80. The Balaban J connectivity index is 0.000000415. The van der Waals surface area contributed by atoms with Gasteiger partial charge in [0.25, 0.3) is 0 Å². The maximum atomic E-state index is 13.7. The van der Waals surface area contributed by atoms with E-state index in [-0.39, 0.29) is 32.5 Å². The monoisotopic (exact) mass is 782 g/mol. The highest BCUT2D eigenvalue weighted by Gasteiger charge is 2.32. The lowest BCUT2D eigenvalue weighted by molar-refractivity contribution is -0.0860. The molecule has 0 saturated carbocycles. The Morgan fingerprint density at radius 1 is 0.377 bits per heavy atom. The molecule has 3 aromatic carbocycles. The number of halogens is 3. The minimum Gasteiger partial charge on any atom is -0.423 e. The zero-order valence-corrected chi connectivity index (χ0v) is 37.0. The minimum absolute atomic E-state index is 0.00718. The summed E-state index contributed by atoms with van der Waals surface area (Å²) in [6.07, 6.45) is 0. The second-order valence-corrected chi connectivity index (χ2v) is 21.4. The van der Waals surface area contributed by atoms with Gasteiger partial charge in [-0.05, 0) is 69.3 Å². The molecule has 0 heterocycles. The molecular weight excluding hydrogens is 719 g/mol. The summed E-state index contributed by atoms with van der Waals surface area (Å²) in [5.74, 6) is 1.56. The van der Waals surface area contributed by atoms with Crippen molar-refractivity contribution >= 4 is 17.2 Å². The molecule has 0 spiro atoms. The van der Waals surface area contributed by atoms with E-state index in [9.17, 15) is 13.6 Å². The molecular formula is C42H63F3O6P2. The predicted octanol–water partition coefficient (Wildman–Crippen LogP) is 15.2. The van der Waals surface area contributed by atoms with E-state index >= 15 is 0 Å². The number of hydrogen-bond donors (Lipinski definition) is 0. The van der Waals surface area contributed by atoms with E-state index in [1.165, 1.54) is 11.1 Å². The third-order valence-corrected chi connectivity index (χ3v) is 9.98. The minimum atomic E-state index is -2.69. The van der Waals surface area contributed by atoms with E-state index in [0.29, 0.717) is 17.2 Å². The van der Waals surface area contributed by atoms with Crippen molar-refractivity contribution in [2.45, 2.75) is 157 Å². The SMILES string of the molecule is CC(C)(C)c1ccc(OP(OF)Oc2ccc(C(C)(C)C)cc2C(C)(C)C)c(C(C)(C)C)c1.CC(C)(C)c1cccc(C(C)(C)C)c1OP(OF)OF. The summed E-state index contributed by atoms with van der Waals surface area (Å²) < 4.78 is 66.5. The van der Waals surface area contributed by atoms with E-state index < -0.39 is 17.2 Å². The van der Waals surface area contributed by atoms with Crippen molar-refractivity contribution in [3.8, 4) is 17.2 Å². The van der Waals surface area contributed by atoms with Crippen LogP contribution in [-0.4, -0.2) is 0 Å². The van der Waals surface area contributed by atoms with Gasteiger partial charge in [-0.25, -0.2) is 0 Å². The van der Waals surface area contributed by atoms with Crippen LogP contribution in [0.4, 0.5) is 13.6 Å². The molecule has 298 valence electrons. The summed E-state index contributed by atoms with van der Waals surface area (Å²) >= 11 is 0. The molecule has 0 unspecified atom stereocenters. The molecule has 0 amide bonds. The first-order valence-corrected chi connectivity index (χ1v) is 20.1. The van der Waals surface area contributed by atoms with Crippen LogP contribution in [0.15, 0.2) is 54.6 Å². The maximum absolute atomic E-state index is 13.7. The van der Waals surface area contributed by atoms with Crippen molar-refractivity contribution in [3.05, 3.63) is 88.0 Å². The third-order valence-electron chi connectivity index (χ3n) is 8.62. The highest BCUT2D eigenvalue weighted by Crippen LogP contribution is 2.50. The second-order valence-electron chi connectivity index (χ2n) is 19.5. The van der Waals surface area contributed by atoms with Gasteiger partial charge in [0.1, 0.15) is 17.2 Å². The topological polar surface area (TPSA) is 55.4 Å². The van der Waals surface area contributed by atoms with Crippen LogP contribution in [0.5, 0.6) is 17.2 Å². The summed E-state index contributed by atoms with van der Waals surface area (Å²) in [5.41, 5.74) is 5.14. The second kappa shape index (κ2) is 17.6. The van der Waals surface area contributed by atoms with E-state index in [1.807, 2.05) is 84.0 Å². The quantitative estimate of drug-likeness (QED) is 0.202. The summed E-state index contributed by atoms with van der Waals surface area (Å²) in [5, 5.41) is 0. The Bertz CT molecular complexity index is 1530. The summed E-state index contributed by atoms with van der Waals surface area (Å²) in [6.45, 7) is 37.7. The normalized spacial score (nSPS) is 13.2. The van der Waals surface area contributed by atoms with Crippen molar-refractivity contribution in [1.29, 1.82) is 0 Å². The highest BCUT2D eigenvalue weighted by atomic mass is 31.2. The van der Waals surface area contributed by atoms with Crippen molar-refractivity contribution in [2.75, 3.05) is 0 Å². The molecule has 0 saturated heterocycles. The lowest BCUT2D eigenvalue weighted by Crippen LogP contribution is -2.18. The van der Waals surface area contributed by atoms with E-state index in [0.717, 1.165) is 22.3 Å². The maximum Gasteiger partial charge on any atom is 0.497 e. The van der Waals surface area contributed by atoms with E-state index in [1.54, 1.807) is 0 Å². The zero-order chi connectivity index (χ0) is 41.0. The van der Waals surface area contributed by atoms with Crippen LogP contribution in [0, 0.1) is 0 Å². The van der Waals surface area contributed by atoms with Crippen LogP contribution in [-0.2, 0) is 46.7 Å². The molecule has 0 radical (unpaired) electrons. The average Bonchev–Trinajstić information content (AvgIpc) is 3.00. The molecule has 0 bridgehead atoms. The number of para-hydroxylation sites is 1. The first-order chi connectivity index (χ1) is 23.9. The van der Waals surface area contributed by atoms with Crippen LogP contribution >= 0.6 is 17.2 Å². The molecule has 0 aliphatic carbocycles. The Labute approximate surface area is 320 Å². The lowest BCUT2D eigenvalue weighted by Gasteiger charge is -2.29. The van der Waals surface area contributed by atoms with Gasteiger partial charge >= 0.3 is 17.2 Å². The Hall–Kier alpha value is -2.41. The third kappa shape index (κ3) is 13.4. The van der Waals surface area contributed by atoms with Gasteiger partial charge in [0.2, 0.25) is 0 Å². The van der Waals surface area contributed by atoms with Crippen molar-refractivity contribution in [3.63, 3.8) is 0 Å². The van der Waals surface area contributed by atoms with Crippen LogP contribution < -0.4 is 13.6 Å². The van der Waals surface area contributed by atoms with Gasteiger partial charge in [-0.3, -0.25) is 0 Å². The van der Waals surface area contributed by atoms with Gasteiger partial charge in [-0.2, -0.15) is 0 Å². The van der Waals surface area contributed by atoms with Gasteiger partial charge in [0.05, 0.1) is 0 Å². The molecule has 6 nitrogen and oxygen atoms in total. The molecule has 0 aliphatic rings. The van der Waals surface area contributed by atoms with Gasteiger partial charge < -0.3 is 13.6 Å². The largest absolute Gasteiger partial charge is 0.497 e. The summed E-state index contributed by atoms with van der Waals surface area (Å²) in [4.78, 5) is 0. The summed E-state index contributed by atoms with van der Waals surface area (Å²) in [6, 6.07) is 17.8. The first kappa shape index (κ1) is 46.7. The van der Waals surface area contributed by atoms with Gasteiger partial charge in [0, 0.05) is 22.3 Å². The summed E-state index contributed by atoms with van der Waals surface area (Å²) in [7, 11) is -4.97. The fourth-order valence-electron chi connectivity index (χ4n) is 5.46. The van der Waals surface area contributed by atoms with E-state index in [2.05, 4.69) is 109 Å². The molecule has 0 aliphatic heterocycles. The number of benzene rings is 3. The average molecular weight is 783 g/mol. The molecule has 3 rings (SSSR count). The van der Waals surface area contributed by atoms with Crippen molar-refractivity contribution in [2.24, 2.45) is 0 Å². The fourth-order valence-corrected chi connectivity index (χ4v) is 6.62. The molecule has 0 N–H and O–H groups in total. The Morgan fingerprint density at radius 3 is 0.962 bits per heavy atom. The van der Waals surface area contributed by atoms with Crippen molar-refractivity contribution in [1.82, 2.24) is 0 Å². The van der Waals surface area contributed by atoms with Crippen molar-refractivity contribution < 1.29 is 41.3 Å². The van der Waals surface area contributed by atoms with Crippen LogP contribution in [0.1, 0.15) is 158 Å². The fraction of sp³-hybridized carbons (Fsp3) is 0.571. The smallest absolute Gasteiger partial charge is 0.423 e. The van der Waals surface area contributed by atoms with Gasteiger partial charge in [-0.1, -0.05) is 181 Å².